The maximum absolute atomic E-state index is 13.8. The second-order valence-electron chi connectivity index (χ2n) is 5.92. The number of rotatable bonds is 5. The zero-order valence-electron chi connectivity index (χ0n) is 12.3. The average molecular weight is 343 g/mol. The van der Waals surface area contributed by atoms with Crippen molar-refractivity contribution in [3.63, 3.8) is 0 Å². The number of nitrogens with zero attached hydrogens (tertiary/aromatic N) is 1. The van der Waals surface area contributed by atoms with Gasteiger partial charge in [-0.25, -0.2) is 4.39 Å². The van der Waals surface area contributed by atoms with Crippen LogP contribution in [-0.4, -0.2) is 31.1 Å². The number of nitrogens with one attached hydrogen (secondary N) is 1. The SMILES string of the molecule is CC(C)CC[C@@H](c1cccc(F)c1Br)N1CCNCC1. The van der Waals surface area contributed by atoms with E-state index in [1.165, 1.54) is 6.07 Å². The Balaban J connectivity index is 2.22. The molecule has 1 heterocycles. The smallest absolute Gasteiger partial charge is 0.137 e. The van der Waals surface area contributed by atoms with E-state index < -0.39 is 0 Å². The maximum Gasteiger partial charge on any atom is 0.137 e. The highest BCUT2D eigenvalue weighted by molar-refractivity contribution is 9.10. The fraction of sp³-hybridized carbons (Fsp3) is 0.625. The Labute approximate surface area is 129 Å². The van der Waals surface area contributed by atoms with Crippen molar-refractivity contribution < 1.29 is 4.39 Å². The van der Waals surface area contributed by atoms with Crippen LogP contribution in [0.15, 0.2) is 22.7 Å². The monoisotopic (exact) mass is 342 g/mol. The Hall–Kier alpha value is -0.450. The summed E-state index contributed by atoms with van der Waals surface area (Å²) in [6.45, 7) is 8.60. The molecule has 1 N–H and O–H groups in total. The van der Waals surface area contributed by atoms with Crippen LogP contribution in [0.1, 0.15) is 38.3 Å². The highest BCUT2D eigenvalue weighted by Crippen LogP contribution is 2.34. The minimum absolute atomic E-state index is 0.160. The normalized spacial score (nSPS) is 18.4. The molecule has 1 aliphatic heterocycles. The van der Waals surface area contributed by atoms with E-state index >= 15 is 0 Å². The van der Waals surface area contributed by atoms with Crippen molar-refractivity contribution in [1.82, 2.24) is 10.2 Å². The predicted molar refractivity (Wildman–Crippen MR) is 85.4 cm³/mol. The third kappa shape index (κ3) is 4.03. The third-order valence-corrected chi connectivity index (χ3v) is 4.79. The Kier molecular flexibility index (Phi) is 6.00. The molecule has 2 rings (SSSR count). The van der Waals surface area contributed by atoms with Gasteiger partial charge < -0.3 is 5.32 Å². The lowest BCUT2D eigenvalue weighted by Gasteiger charge is -2.36. The molecule has 2 nitrogen and oxygen atoms in total. The minimum Gasteiger partial charge on any atom is -0.314 e. The summed E-state index contributed by atoms with van der Waals surface area (Å²) in [5.74, 6) is 0.514. The fourth-order valence-electron chi connectivity index (χ4n) is 2.80. The summed E-state index contributed by atoms with van der Waals surface area (Å²) in [4.78, 5) is 2.48. The molecule has 1 fully saturated rings. The first kappa shape index (κ1) is 15.9. The molecule has 0 aromatic heterocycles. The van der Waals surface area contributed by atoms with Gasteiger partial charge in [0.1, 0.15) is 5.82 Å². The zero-order chi connectivity index (χ0) is 14.5. The van der Waals surface area contributed by atoms with Crippen LogP contribution in [0.2, 0.25) is 0 Å². The Morgan fingerprint density at radius 1 is 1.25 bits per heavy atom. The van der Waals surface area contributed by atoms with E-state index in [0.29, 0.717) is 16.4 Å². The van der Waals surface area contributed by atoms with Gasteiger partial charge in [0.2, 0.25) is 0 Å². The number of benzene rings is 1. The fourth-order valence-corrected chi connectivity index (χ4v) is 3.33. The van der Waals surface area contributed by atoms with Gasteiger partial charge >= 0.3 is 0 Å². The van der Waals surface area contributed by atoms with Crippen LogP contribution in [0.5, 0.6) is 0 Å². The zero-order valence-corrected chi connectivity index (χ0v) is 13.9. The number of hydrogen-bond acceptors (Lipinski definition) is 2. The Morgan fingerprint density at radius 2 is 1.95 bits per heavy atom. The van der Waals surface area contributed by atoms with Crippen LogP contribution in [0.3, 0.4) is 0 Å². The largest absolute Gasteiger partial charge is 0.314 e. The minimum atomic E-state index is -0.160. The molecule has 0 unspecified atom stereocenters. The summed E-state index contributed by atoms with van der Waals surface area (Å²) in [6, 6.07) is 5.70. The van der Waals surface area contributed by atoms with Crippen LogP contribution in [-0.2, 0) is 0 Å². The van der Waals surface area contributed by atoms with Crippen molar-refractivity contribution in [2.24, 2.45) is 5.92 Å². The van der Waals surface area contributed by atoms with Crippen LogP contribution >= 0.6 is 15.9 Å². The van der Waals surface area contributed by atoms with Gasteiger partial charge in [-0.15, -0.1) is 0 Å². The molecule has 0 amide bonds. The van der Waals surface area contributed by atoms with Gasteiger partial charge in [0.25, 0.3) is 0 Å². The lowest BCUT2D eigenvalue weighted by Crippen LogP contribution is -2.45. The van der Waals surface area contributed by atoms with E-state index in [1.54, 1.807) is 0 Å². The predicted octanol–water partition coefficient (Wildman–Crippen LogP) is 3.97. The topological polar surface area (TPSA) is 15.3 Å². The number of hydrogen-bond donors (Lipinski definition) is 1. The van der Waals surface area contributed by atoms with Crippen molar-refractivity contribution in [3.8, 4) is 0 Å². The third-order valence-electron chi connectivity index (χ3n) is 3.95. The van der Waals surface area contributed by atoms with E-state index in [1.807, 2.05) is 6.07 Å². The summed E-state index contributed by atoms with van der Waals surface area (Å²) in [5, 5.41) is 3.38. The molecule has 0 bridgehead atoms. The van der Waals surface area contributed by atoms with Gasteiger partial charge in [-0.2, -0.15) is 0 Å². The van der Waals surface area contributed by atoms with E-state index in [2.05, 4.69) is 46.1 Å². The van der Waals surface area contributed by atoms with Gasteiger partial charge in [0.15, 0.2) is 0 Å². The molecule has 1 aromatic carbocycles. The molecule has 0 spiro atoms. The van der Waals surface area contributed by atoms with Gasteiger partial charge in [0, 0.05) is 32.2 Å². The summed E-state index contributed by atoms with van der Waals surface area (Å²) in [5.41, 5.74) is 1.09. The van der Waals surface area contributed by atoms with Crippen molar-refractivity contribution in [2.45, 2.75) is 32.7 Å². The number of piperazine rings is 1. The Bertz CT molecular complexity index is 430. The molecular formula is C16H24BrFN2. The van der Waals surface area contributed by atoms with E-state index in [-0.39, 0.29) is 5.82 Å². The summed E-state index contributed by atoms with van der Waals surface area (Å²) in [7, 11) is 0. The van der Waals surface area contributed by atoms with E-state index in [0.717, 1.165) is 44.6 Å². The molecule has 0 radical (unpaired) electrons. The molecule has 1 aliphatic rings. The molecule has 4 heteroatoms. The van der Waals surface area contributed by atoms with Crippen molar-refractivity contribution >= 4 is 15.9 Å². The van der Waals surface area contributed by atoms with Crippen LogP contribution in [0.25, 0.3) is 0 Å². The molecular weight excluding hydrogens is 319 g/mol. The first-order valence-corrected chi connectivity index (χ1v) is 8.27. The first-order chi connectivity index (χ1) is 9.59. The van der Waals surface area contributed by atoms with Gasteiger partial charge in [-0.05, 0) is 46.3 Å². The van der Waals surface area contributed by atoms with Crippen LogP contribution in [0.4, 0.5) is 4.39 Å². The van der Waals surface area contributed by atoms with Gasteiger partial charge in [0.05, 0.1) is 4.47 Å². The second kappa shape index (κ2) is 7.53. The summed E-state index contributed by atoms with van der Waals surface area (Å²) >= 11 is 3.44. The molecule has 20 heavy (non-hydrogen) atoms. The molecule has 0 saturated carbocycles. The van der Waals surface area contributed by atoms with Crippen molar-refractivity contribution in [2.75, 3.05) is 26.2 Å². The maximum atomic E-state index is 13.8. The van der Waals surface area contributed by atoms with Crippen LogP contribution < -0.4 is 5.32 Å². The first-order valence-electron chi connectivity index (χ1n) is 7.48. The lowest BCUT2D eigenvalue weighted by atomic mass is 9.95. The summed E-state index contributed by atoms with van der Waals surface area (Å²) < 4.78 is 14.5. The summed E-state index contributed by atoms with van der Waals surface area (Å²) in [6.07, 6.45) is 2.25. The molecule has 1 aromatic rings. The van der Waals surface area contributed by atoms with Crippen molar-refractivity contribution in [1.29, 1.82) is 0 Å². The highest BCUT2D eigenvalue weighted by Gasteiger charge is 2.24. The number of halogens is 2. The van der Waals surface area contributed by atoms with E-state index in [9.17, 15) is 4.39 Å². The Morgan fingerprint density at radius 3 is 2.60 bits per heavy atom. The second-order valence-corrected chi connectivity index (χ2v) is 6.71. The quantitative estimate of drug-likeness (QED) is 0.870. The highest BCUT2D eigenvalue weighted by atomic mass is 79.9. The molecule has 1 atom stereocenters. The van der Waals surface area contributed by atoms with Gasteiger partial charge in [-0.1, -0.05) is 26.0 Å². The van der Waals surface area contributed by atoms with Gasteiger partial charge in [-0.3, -0.25) is 4.90 Å². The molecule has 0 aliphatic carbocycles. The standard InChI is InChI=1S/C16H24BrFN2/c1-12(2)6-7-15(20-10-8-19-9-11-20)13-4-3-5-14(18)16(13)17/h3-5,12,15,19H,6-11H2,1-2H3/t15-/m0/s1. The van der Waals surface area contributed by atoms with Crippen LogP contribution in [0, 0.1) is 11.7 Å². The molecule has 1 saturated heterocycles. The molecule has 112 valence electrons. The average Bonchev–Trinajstić information content (AvgIpc) is 2.44. The van der Waals surface area contributed by atoms with Crippen molar-refractivity contribution in [3.05, 3.63) is 34.1 Å². The van der Waals surface area contributed by atoms with E-state index in [4.69, 9.17) is 0 Å². The lowest BCUT2D eigenvalue weighted by molar-refractivity contribution is 0.159.